The number of amides is 1. The molecule has 0 atom stereocenters. The van der Waals surface area contributed by atoms with Crippen LogP contribution in [-0.2, 0) is 11.9 Å². The Morgan fingerprint density at radius 2 is 2.00 bits per heavy atom. The first kappa shape index (κ1) is 15.8. The molecule has 0 aliphatic carbocycles. The number of hydrogen-bond acceptors (Lipinski definition) is 4. The third-order valence-electron chi connectivity index (χ3n) is 4.69. The number of fused-ring (bicyclic) bond motifs is 1. The predicted octanol–water partition coefficient (Wildman–Crippen LogP) is 2.30. The van der Waals surface area contributed by atoms with Gasteiger partial charge in [-0.1, -0.05) is 6.07 Å². The third kappa shape index (κ3) is 2.70. The zero-order chi connectivity index (χ0) is 18.4. The normalized spacial score (nSPS) is 14.3. The van der Waals surface area contributed by atoms with Gasteiger partial charge in [0, 0.05) is 42.3 Å². The van der Waals surface area contributed by atoms with Gasteiger partial charge in [0.25, 0.3) is 5.91 Å². The molecule has 136 valence electrons. The number of carbonyl (C=O) groups excluding carboxylic acids is 1. The summed E-state index contributed by atoms with van der Waals surface area (Å²) in [5.41, 5.74) is 3.52. The molecule has 1 aliphatic rings. The molecule has 8 heteroatoms. The Kier molecular flexibility index (Phi) is 3.58. The average molecular weight is 362 g/mol. The molecule has 4 aromatic heterocycles. The number of aryl methyl sites for hydroxylation is 1. The van der Waals surface area contributed by atoms with Gasteiger partial charge < -0.3 is 4.40 Å². The lowest BCUT2D eigenvalue weighted by Gasteiger charge is -2.11. The summed E-state index contributed by atoms with van der Waals surface area (Å²) >= 11 is 0. The van der Waals surface area contributed by atoms with Gasteiger partial charge in [0.05, 0.1) is 19.3 Å². The Labute approximate surface area is 155 Å². The van der Waals surface area contributed by atoms with Crippen LogP contribution in [0.4, 0.5) is 0 Å². The quantitative estimate of drug-likeness (QED) is 0.561. The van der Waals surface area contributed by atoms with E-state index in [1.165, 1.54) is 5.06 Å². The summed E-state index contributed by atoms with van der Waals surface area (Å²) in [5, 5.41) is 10.1. The van der Waals surface area contributed by atoms with Crippen molar-refractivity contribution in [1.82, 2.24) is 29.0 Å². The molecule has 1 fully saturated rings. The summed E-state index contributed by atoms with van der Waals surface area (Å²) < 4.78 is 5.54. The first-order valence-electron chi connectivity index (χ1n) is 8.80. The van der Waals surface area contributed by atoms with Crippen molar-refractivity contribution >= 4 is 11.4 Å². The van der Waals surface area contributed by atoms with Gasteiger partial charge in [0.1, 0.15) is 5.82 Å². The van der Waals surface area contributed by atoms with Crippen molar-refractivity contribution in [2.75, 3.05) is 13.2 Å². The second-order valence-corrected chi connectivity index (χ2v) is 6.55. The molecular formula is C19H18N6O2. The number of pyridine rings is 1. The molecular weight excluding hydrogens is 344 g/mol. The van der Waals surface area contributed by atoms with E-state index in [0.717, 1.165) is 28.9 Å². The zero-order valence-electron chi connectivity index (χ0n) is 14.8. The Morgan fingerprint density at radius 3 is 2.78 bits per heavy atom. The van der Waals surface area contributed by atoms with Crippen molar-refractivity contribution in [1.29, 1.82) is 0 Å². The van der Waals surface area contributed by atoms with Crippen LogP contribution in [0.2, 0.25) is 0 Å². The summed E-state index contributed by atoms with van der Waals surface area (Å²) in [6.07, 6.45) is 8.51. The summed E-state index contributed by atoms with van der Waals surface area (Å²) in [5.74, 6) is 0.653. The highest BCUT2D eigenvalue weighted by atomic mass is 16.7. The fraction of sp³-hybridized carbons (Fsp3) is 0.211. The second-order valence-electron chi connectivity index (χ2n) is 6.55. The largest absolute Gasteiger partial charge is 0.301 e. The van der Waals surface area contributed by atoms with Crippen molar-refractivity contribution < 1.29 is 9.63 Å². The van der Waals surface area contributed by atoms with Crippen molar-refractivity contribution in [3.05, 3.63) is 60.8 Å². The lowest BCUT2D eigenvalue weighted by atomic mass is 10.1. The van der Waals surface area contributed by atoms with E-state index >= 15 is 0 Å². The van der Waals surface area contributed by atoms with Gasteiger partial charge in [-0.05, 0) is 30.7 Å². The minimum atomic E-state index is -0.205. The van der Waals surface area contributed by atoms with E-state index in [2.05, 4.69) is 32.9 Å². The van der Waals surface area contributed by atoms with Crippen LogP contribution < -0.4 is 0 Å². The number of nitrogens with zero attached hydrogens (tertiary/aromatic N) is 6. The van der Waals surface area contributed by atoms with E-state index < -0.39 is 0 Å². The number of hydrogen-bond donors (Lipinski definition) is 0. The molecule has 0 bridgehead atoms. The van der Waals surface area contributed by atoms with E-state index in [9.17, 15) is 4.79 Å². The van der Waals surface area contributed by atoms with Crippen LogP contribution in [0.5, 0.6) is 0 Å². The number of carbonyl (C=O) groups is 1. The molecule has 1 amide bonds. The predicted molar refractivity (Wildman–Crippen MR) is 98.3 cm³/mol. The van der Waals surface area contributed by atoms with E-state index in [-0.39, 0.29) is 5.91 Å². The fourth-order valence-corrected chi connectivity index (χ4v) is 3.32. The monoisotopic (exact) mass is 362 g/mol. The Bertz CT molecular complexity index is 1130. The van der Waals surface area contributed by atoms with E-state index in [4.69, 9.17) is 4.84 Å². The van der Waals surface area contributed by atoms with E-state index in [0.29, 0.717) is 18.8 Å². The Hall–Kier alpha value is -3.39. The summed E-state index contributed by atoms with van der Waals surface area (Å²) in [6, 6.07) is 9.85. The molecule has 8 nitrogen and oxygen atoms in total. The maximum absolute atomic E-state index is 12.4. The molecule has 0 aromatic carbocycles. The van der Waals surface area contributed by atoms with Gasteiger partial charge in [0.15, 0.2) is 5.69 Å². The number of hydroxylamine groups is 2. The molecule has 0 spiro atoms. The van der Waals surface area contributed by atoms with Gasteiger partial charge in [0.2, 0.25) is 0 Å². The molecule has 0 unspecified atom stereocenters. The van der Waals surface area contributed by atoms with Gasteiger partial charge in [-0.2, -0.15) is 10.2 Å². The lowest BCUT2D eigenvalue weighted by molar-refractivity contribution is -0.0772. The highest BCUT2D eigenvalue weighted by molar-refractivity contribution is 5.91. The van der Waals surface area contributed by atoms with E-state index in [1.54, 1.807) is 21.6 Å². The fourth-order valence-electron chi connectivity index (χ4n) is 3.32. The minimum absolute atomic E-state index is 0.205. The van der Waals surface area contributed by atoms with Crippen LogP contribution in [0.1, 0.15) is 16.9 Å². The van der Waals surface area contributed by atoms with Gasteiger partial charge in [-0.25, -0.2) is 9.75 Å². The van der Waals surface area contributed by atoms with Crippen LogP contribution in [0.3, 0.4) is 0 Å². The topological polar surface area (TPSA) is 69.6 Å². The standard InChI is InChI=1S/C19H18N6O2/c1-22-12-15(11-20-22)14-3-4-16-5-6-18(23(16)13-14)24-9-7-17(21-24)19(26)25-8-2-10-27-25/h3-7,9,11-13H,2,8,10H2,1H3. The molecule has 1 saturated heterocycles. The Morgan fingerprint density at radius 1 is 1.11 bits per heavy atom. The maximum atomic E-state index is 12.4. The third-order valence-corrected chi connectivity index (χ3v) is 4.69. The smallest absolute Gasteiger partial charge is 0.297 e. The first-order valence-corrected chi connectivity index (χ1v) is 8.80. The van der Waals surface area contributed by atoms with Gasteiger partial charge in [-0.15, -0.1) is 0 Å². The Balaban J connectivity index is 1.52. The van der Waals surface area contributed by atoms with Crippen LogP contribution >= 0.6 is 0 Å². The number of aromatic nitrogens is 5. The zero-order valence-corrected chi connectivity index (χ0v) is 14.8. The molecule has 0 saturated carbocycles. The van der Waals surface area contributed by atoms with Crippen molar-refractivity contribution in [2.24, 2.45) is 7.05 Å². The summed E-state index contributed by atoms with van der Waals surface area (Å²) in [7, 11) is 1.90. The van der Waals surface area contributed by atoms with Crippen LogP contribution in [0.25, 0.3) is 22.5 Å². The molecule has 0 N–H and O–H groups in total. The van der Waals surface area contributed by atoms with Crippen LogP contribution in [-0.4, -0.2) is 48.1 Å². The van der Waals surface area contributed by atoms with Gasteiger partial charge >= 0.3 is 0 Å². The highest BCUT2D eigenvalue weighted by Gasteiger charge is 2.23. The summed E-state index contributed by atoms with van der Waals surface area (Å²) in [4.78, 5) is 17.8. The SMILES string of the molecule is Cn1cc(-c2ccc3ccc(-n4ccc(C(=O)N5CCCO5)n4)n3c2)cn1. The first-order chi connectivity index (χ1) is 13.2. The molecule has 0 radical (unpaired) electrons. The molecule has 5 heterocycles. The molecule has 4 aromatic rings. The number of rotatable bonds is 3. The van der Waals surface area contributed by atoms with Gasteiger partial charge in [-0.3, -0.25) is 14.3 Å². The van der Waals surface area contributed by atoms with Crippen molar-refractivity contribution in [2.45, 2.75) is 6.42 Å². The minimum Gasteiger partial charge on any atom is -0.301 e. The molecule has 5 rings (SSSR count). The summed E-state index contributed by atoms with van der Waals surface area (Å²) in [6.45, 7) is 1.18. The van der Waals surface area contributed by atoms with E-state index in [1.807, 2.05) is 31.6 Å². The molecule has 1 aliphatic heterocycles. The van der Waals surface area contributed by atoms with Crippen molar-refractivity contribution in [3.63, 3.8) is 0 Å². The maximum Gasteiger partial charge on any atom is 0.297 e. The lowest BCUT2D eigenvalue weighted by Crippen LogP contribution is -2.27. The van der Waals surface area contributed by atoms with Crippen LogP contribution in [0.15, 0.2) is 55.1 Å². The second kappa shape index (κ2) is 6.10. The van der Waals surface area contributed by atoms with Crippen molar-refractivity contribution in [3.8, 4) is 16.9 Å². The highest BCUT2D eigenvalue weighted by Crippen LogP contribution is 2.22. The molecule has 27 heavy (non-hydrogen) atoms. The van der Waals surface area contributed by atoms with Crippen LogP contribution in [0, 0.1) is 0 Å². The average Bonchev–Trinajstić information content (AvgIpc) is 3.45.